The van der Waals surface area contributed by atoms with Gasteiger partial charge in [0.15, 0.2) is 0 Å². The van der Waals surface area contributed by atoms with Gasteiger partial charge in [-0.15, -0.1) is 0 Å². The number of imide groups is 1. The minimum absolute atomic E-state index is 0.0380. The van der Waals surface area contributed by atoms with E-state index in [0.29, 0.717) is 11.3 Å². The highest BCUT2D eigenvalue weighted by Gasteiger charge is 2.26. The van der Waals surface area contributed by atoms with Crippen LogP contribution in [-0.2, 0) is 14.9 Å². The summed E-state index contributed by atoms with van der Waals surface area (Å²) in [7, 11) is -2.60. The molecule has 3 rings (SSSR count). The van der Waals surface area contributed by atoms with E-state index < -0.39 is 21.3 Å². The Kier molecular flexibility index (Phi) is 5.01. The predicted molar refractivity (Wildman–Crippen MR) is 96.4 cm³/mol. The van der Waals surface area contributed by atoms with Crippen molar-refractivity contribution >= 4 is 39.1 Å². The molecule has 0 aliphatic carbocycles. The van der Waals surface area contributed by atoms with E-state index in [0.717, 1.165) is 11.8 Å². The van der Waals surface area contributed by atoms with E-state index >= 15 is 0 Å². The third kappa shape index (κ3) is 3.89. The number of carbonyl (C=O) groups excluding carboxylic acids is 2. The van der Waals surface area contributed by atoms with Crippen molar-refractivity contribution in [1.82, 2.24) is 5.32 Å². The van der Waals surface area contributed by atoms with Gasteiger partial charge in [0.1, 0.15) is 16.4 Å². The summed E-state index contributed by atoms with van der Waals surface area (Å²) in [6.07, 6.45) is 1.41. The molecule has 7 nitrogen and oxygen atoms in total. The van der Waals surface area contributed by atoms with Gasteiger partial charge < -0.3 is 8.92 Å². The molecule has 1 saturated heterocycles. The highest BCUT2D eigenvalue weighted by Crippen LogP contribution is 2.30. The second-order valence-corrected chi connectivity index (χ2v) is 7.66. The first-order valence-electron chi connectivity index (χ1n) is 7.31. The third-order valence-corrected chi connectivity index (χ3v) is 5.45. The van der Waals surface area contributed by atoms with Crippen LogP contribution in [0.4, 0.5) is 4.79 Å². The molecule has 1 N–H and O–H groups in total. The van der Waals surface area contributed by atoms with Crippen LogP contribution in [0.2, 0.25) is 0 Å². The van der Waals surface area contributed by atoms with Crippen molar-refractivity contribution in [2.24, 2.45) is 0 Å². The third-order valence-electron chi connectivity index (χ3n) is 3.40. The van der Waals surface area contributed by atoms with Crippen molar-refractivity contribution < 1.29 is 26.9 Å². The lowest BCUT2D eigenvalue weighted by atomic mass is 10.2. The minimum atomic E-state index is -4.08. The minimum Gasteiger partial charge on any atom is -0.497 e. The summed E-state index contributed by atoms with van der Waals surface area (Å²) in [5.41, 5.74) is 0.358. The SMILES string of the molecule is COc1ccc(S(=O)(=O)Oc2ccccc2/C=C2\SC(=O)NC2=O)cc1. The molecule has 0 atom stereocenters. The molecule has 1 fully saturated rings. The van der Waals surface area contributed by atoms with Gasteiger partial charge in [0.2, 0.25) is 0 Å². The summed E-state index contributed by atoms with van der Waals surface area (Å²) in [6, 6.07) is 12.1. The molecule has 0 bridgehead atoms. The van der Waals surface area contributed by atoms with Gasteiger partial charge >= 0.3 is 10.1 Å². The number of ether oxygens (including phenoxy) is 1. The summed E-state index contributed by atoms with van der Waals surface area (Å²) in [5.74, 6) is 0.0272. The van der Waals surface area contributed by atoms with Crippen LogP contribution < -0.4 is 14.2 Å². The van der Waals surface area contributed by atoms with E-state index in [2.05, 4.69) is 5.32 Å². The summed E-state index contributed by atoms with van der Waals surface area (Å²) in [5, 5.41) is 1.66. The van der Waals surface area contributed by atoms with Crippen LogP contribution in [0.1, 0.15) is 5.56 Å². The second kappa shape index (κ2) is 7.22. The lowest BCUT2D eigenvalue weighted by Crippen LogP contribution is -2.17. The fourth-order valence-electron chi connectivity index (χ4n) is 2.15. The average molecular weight is 391 g/mol. The number of para-hydroxylation sites is 1. The van der Waals surface area contributed by atoms with Crippen molar-refractivity contribution in [3.05, 3.63) is 59.0 Å². The molecule has 0 aromatic heterocycles. The fraction of sp³-hybridized carbons (Fsp3) is 0.0588. The number of benzene rings is 2. The predicted octanol–water partition coefficient (Wildman–Crippen LogP) is 2.79. The normalized spacial score (nSPS) is 15.8. The Balaban J connectivity index is 1.91. The molecule has 1 aliphatic rings. The van der Waals surface area contributed by atoms with E-state index in [1.807, 2.05) is 0 Å². The molecule has 2 amide bonds. The maximum Gasteiger partial charge on any atom is 0.339 e. The molecule has 0 unspecified atom stereocenters. The van der Waals surface area contributed by atoms with Crippen LogP contribution in [-0.4, -0.2) is 26.7 Å². The van der Waals surface area contributed by atoms with Crippen molar-refractivity contribution in [3.63, 3.8) is 0 Å². The van der Waals surface area contributed by atoms with Crippen molar-refractivity contribution in [2.75, 3.05) is 7.11 Å². The Labute approximate surface area is 154 Å². The number of hydrogen-bond donors (Lipinski definition) is 1. The standard InChI is InChI=1S/C17H13NO6S2/c1-23-12-6-8-13(9-7-12)26(21,22)24-14-5-3-2-4-11(14)10-15-16(19)18-17(20)25-15/h2-10H,1H3,(H,18,19,20)/b15-10-. The molecular weight excluding hydrogens is 378 g/mol. The number of nitrogens with one attached hydrogen (secondary N) is 1. The second-order valence-electron chi connectivity index (χ2n) is 5.10. The Morgan fingerprint density at radius 3 is 2.35 bits per heavy atom. The fourth-order valence-corrected chi connectivity index (χ4v) is 3.77. The van der Waals surface area contributed by atoms with Crippen molar-refractivity contribution in [1.29, 1.82) is 0 Å². The Bertz CT molecular complexity index is 996. The molecule has 134 valence electrons. The Hall–Kier alpha value is -2.78. The lowest BCUT2D eigenvalue weighted by Gasteiger charge is -2.10. The zero-order valence-electron chi connectivity index (χ0n) is 13.5. The molecule has 2 aromatic rings. The zero-order chi connectivity index (χ0) is 18.7. The number of carbonyl (C=O) groups is 2. The van der Waals surface area contributed by atoms with E-state index in [9.17, 15) is 18.0 Å². The lowest BCUT2D eigenvalue weighted by molar-refractivity contribution is -0.115. The van der Waals surface area contributed by atoms with Crippen LogP contribution in [0.5, 0.6) is 11.5 Å². The van der Waals surface area contributed by atoms with Crippen LogP contribution in [0.3, 0.4) is 0 Å². The van der Waals surface area contributed by atoms with Gasteiger partial charge in [0.25, 0.3) is 11.1 Å². The molecule has 0 saturated carbocycles. The number of methoxy groups -OCH3 is 1. The number of rotatable bonds is 5. The van der Waals surface area contributed by atoms with Gasteiger partial charge in [-0.05, 0) is 48.2 Å². The number of amides is 2. The highest BCUT2D eigenvalue weighted by molar-refractivity contribution is 8.18. The molecule has 0 radical (unpaired) electrons. The largest absolute Gasteiger partial charge is 0.497 e. The highest BCUT2D eigenvalue weighted by atomic mass is 32.2. The van der Waals surface area contributed by atoms with Crippen molar-refractivity contribution in [3.8, 4) is 11.5 Å². The number of thioether (sulfide) groups is 1. The first-order valence-corrected chi connectivity index (χ1v) is 9.54. The molecule has 0 spiro atoms. The monoisotopic (exact) mass is 391 g/mol. The smallest absolute Gasteiger partial charge is 0.339 e. The van der Waals surface area contributed by atoms with Crippen LogP contribution in [0.15, 0.2) is 58.3 Å². The van der Waals surface area contributed by atoms with E-state index in [1.54, 1.807) is 18.2 Å². The van der Waals surface area contributed by atoms with Gasteiger partial charge in [-0.2, -0.15) is 8.42 Å². The van der Waals surface area contributed by atoms with Gasteiger partial charge in [-0.3, -0.25) is 14.9 Å². The van der Waals surface area contributed by atoms with Gasteiger partial charge in [-0.25, -0.2) is 0 Å². The molecular formula is C17H13NO6S2. The Morgan fingerprint density at radius 1 is 1.04 bits per heavy atom. The van der Waals surface area contributed by atoms with E-state index in [4.69, 9.17) is 8.92 Å². The molecule has 1 heterocycles. The first kappa shape index (κ1) is 18.0. The van der Waals surface area contributed by atoms with Gasteiger partial charge in [0, 0.05) is 5.56 Å². The summed E-state index contributed by atoms with van der Waals surface area (Å²) < 4.78 is 35.2. The molecule has 9 heteroatoms. The van der Waals surface area contributed by atoms with Crippen molar-refractivity contribution in [2.45, 2.75) is 4.90 Å². The van der Waals surface area contributed by atoms with Gasteiger partial charge in [-0.1, -0.05) is 18.2 Å². The van der Waals surface area contributed by atoms with Crippen LogP contribution in [0.25, 0.3) is 6.08 Å². The van der Waals surface area contributed by atoms with Crippen LogP contribution in [0, 0.1) is 0 Å². The van der Waals surface area contributed by atoms with Crippen LogP contribution >= 0.6 is 11.8 Å². The quantitative estimate of drug-likeness (QED) is 0.618. The summed E-state index contributed by atoms with van der Waals surface area (Å²) in [6.45, 7) is 0. The summed E-state index contributed by atoms with van der Waals surface area (Å²) in [4.78, 5) is 23.1. The first-order chi connectivity index (χ1) is 12.4. The summed E-state index contributed by atoms with van der Waals surface area (Å²) >= 11 is 0.738. The molecule has 1 aliphatic heterocycles. The molecule has 26 heavy (non-hydrogen) atoms. The number of hydrogen-bond acceptors (Lipinski definition) is 7. The topological polar surface area (TPSA) is 98.8 Å². The zero-order valence-corrected chi connectivity index (χ0v) is 15.1. The maximum absolute atomic E-state index is 12.5. The Morgan fingerprint density at radius 2 is 1.73 bits per heavy atom. The van der Waals surface area contributed by atoms with Gasteiger partial charge in [0.05, 0.1) is 12.0 Å². The maximum atomic E-state index is 12.5. The molecule has 2 aromatic carbocycles. The van der Waals surface area contributed by atoms with E-state index in [-0.39, 0.29) is 15.6 Å². The average Bonchev–Trinajstić information content (AvgIpc) is 2.93. The van der Waals surface area contributed by atoms with E-state index in [1.165, 1.54) is 43.5 Å².